The lowest BCUT2D eigenvalue weighted by Crippen LogP contribution is -2.22. The van der Waals surface area contributed by atoms with Crippen molar-refractivity contribution in [1.82, 2.24) is 10.2 Å². The van der Waals surface area contributed by atoms with E-state index >= 15 is 0 Å². The SMILES string of the molecule is CC(Sc1ccccc1)C(=O)Nc1nnc(C(C)C)s1. The van der Waals surface area contributed by atoms with Crippen LogP contribution in [0.5, 0.6) is 0 Å². The van der Waals surface area contributed by atoms with Gasteiger partial charge in [0, 0.05) is 10.8 Å². The van der Waals surface area contributed by atoms with Crippen LogP contribution in [0.1, 0.15) is 31.7 Å². The second-order valence-corrected chi connectivity index (χ2v) is 7.09. The molecule has 2 rings (SSSR count). The highest BCUT2D eigenvalue weighted by Crippen LogP contribution is 2.26. The fourth-order valence-corrected chi connectivity index (χ4v) is 3.12. The van der Waals surface area contributed by atoms with Crippen LogP contribution in [0.3, 0.4) is 0 Å². The van der Waals surface area contributed by atoms with Crippen molar-refractivity contribution in [3.8, 4) is 0 Å². The molecule has 1 amide bonds. The van der Waals surface area contributed by atoms with Gasteiger partial charge in [-0.2, -0.15) is 0 Å². The monoisotopic (exact) mass is 307 g/mol. The predicted molar refractivity (Wildman–Crippen MR) is 84.4 cm³/mol. The van der Waals surface area contributed by atoms with Crippen LogP contribution in [-0.4, -0.2) is 21.4 Å². The summed E-state index contributed by atoms with van der Waals surface area (Å²) in [6.07, 6.45) is 0. The average molecular weight is 307 g/mol. The largest absolute Gasteiger partial charge is 0.300 e. The fourth-order valence-electron chi connectivity index (χ4n) is 1.48. The number of rotatable bonds is 5. The minimum Gasteiger partial charge on any atom is -0.300 e. The first kappa shape index (κ1) is 15.0. The van der Waals surface area contributed by atoms with Gasteiger partial charge in [-0.05, 0) is 19.1 Å². The molecule has 0 aliphatic carbocycles. The number of amides is 1. The average Bonchev–Trinajstić information content (AvgIpc) is 2.88. The lowest BCUT2D eigenvalue weighted by molar-refractivity contribution is -0.115. The maximum atomic E-state index is 12.1. The Morgan fingerprint density at radius 1 is 1.20 bits per heavy atom. The van der Waals surface area contributed by atoms with E-state index in [4.69, 9.17) is 0 Å². The summed E-state index contributed by atoms with van der Waals surface area (Å²) in [5, 5.41) is 12.2. The van der Waals surface area contributed by atoms with E-state index in [9.17, 15) is 4.79 Å². The molecule has 1 heterocycles. The second-order valence-electron chi connectivity index (χ2n) is 4.66. The Bertz CT molecular complexity index is 569. The normalized spacial score (nSPS) is 12.4. The molecule has 1 unspecified atom stereocenters. The zero-order valence-electron chi connectivity index (χ0n) is 11.7. The summed E-state index contributed by atoms with van der Waals surface area (Å²) in [4.78, 5) is 13.2. The molecule has 2 aromatic rings. The van der Waals surface area contributed by atoms with Crippen molar-refractivity contribution in [2.24, 2.45) is 0 Å². The number of hydrogen-bond acceptors (Lipinski definition) is 5. The van der Waals surface area contributed by atoms with Crippen LogP contribution in [0, 0.1) is 0 Å². The van der Waals surface area contributed by atoms with E-state index in [0.717, 1.165) is 9.90 Å². The van der Waals surface area contributed by atoms with Crippen LogP contribution >= 0.6 is 23.1 Å². The third-order valence-corrected chi connectivity index (χ3v) is 4.84. The summed E-state index contributed by atoms with van der Waals surface area (Å²) in [5.74, 6) is 0.277. The molecule has 0 aliphatic rings. The van der Waals surface area contributed by atoms with E-state index in [1.807, 2.05) is 37.3 Å². The van der Waals surface area contributed by atoms with E-state index in [0.29, 0.717) is 11.0 Å². The molecule has 0 bridgehead atoms. The Morgan fingerprint density at radius 3 is 2.50 bits per heavy atom. The van der Waals surface area contributed by atoms with Gasteiger partial charge in [-0.1, -0.05) is 43.4 Å². The van der Waals surface area contributed by atoms with Gasteiger partial charge in [-0.3, -0.25) is 10.1 Å². The Kier molecular flexibility index (Phi) is 5.14. The molecule has 1 aromatic carbocycles. The number of anilines is 1. The number of hydrogen-bond donors (Lipinski definition) is 1. The van der Waals surface area contributed by atoms with Crippen molar-refractivity contribution in [3.63, 3.8) is 0 Å². The van der Waals surface area contributed by atoms with E-state index < -0.39 is 0 Å². The summed E-state index contributed by atoms with van der Waals surface area (Å²) in [6.45, 7) is 6.00. The Morgan fingerprint density at radius 2 is 1.90 bits per heavy atom. The van der Waals surface area contributed by atoms with Crippen molar-refractivity contribution < 1.29 is 4.79 Å². The smallest absolute Gasteiger partial charge is 0.239 e. The van der Waals surface area contributed by atoms with E-state index in [1.165, 1.54) is 23.1 Å². The zero-order chi connectivity index (χ0) is 14.5. The maximum Gasteiger partial charge on any atom is 0.239 e. The molecule has 106 valence electrons. The second kappa shape index (κ2) is 6.85. The minimum absolute atomic E-state index is 0.0506. The quantitative estimate of drug-likeness (QED) is 0.854. The fraction of sp³-hybridized carbons (Fsp3) is 0.357. The first-order valence-electron chi connectivity index (χ1n) is 6.42. The first-order valence-corrected chi connectivity index (χ1v) is 8.12. The highest BCUT2D eigenvalue weighted by atomic mass is 32.2. The van der Waals surface area contributed by atoms with Crippen molar-refractivity contribution >= 4 is 34.1 Å². The van der Waals surface area contributed by atoms with Crippen molar-refractivity contribution in [2.45, 2.75) is 36.8 Å². The van der Waals surface area contributed by atoms with Gasteiger partial charge in [0.2, 0.25) is 11.0 Å². The Hall–Kier alpha value is -1.40. The molecule has 1 N–H and O–H groups in total. The van der Waals surface area contributed by atoms with Crippen LogP contribution in [0.25, 0.3) is 0 Å². The number of thioether (sulfide) groups is 1. The van der Waals surface area contributed by atoms with Gasteiger partial charge in [0.1, 0.15) is 5.01 Å². The summed E-state index contributed by atoms with van der Waals surface area (Å²) >= 11 is 2.96. The molecule has 1 atom stereocenters. The third kappa shape index (κ3) is 4.05. The van der Waals surface area contributed by atoms with Gasteiger partial charge < -0.3 is 0 Å². The summed E-state index contributed by atoms with van der Waals surface area (Å²) in [7, 11) is 0. The first-order chi connectivity index (χ1) is 9.56. The maximum absolute atomic E-state index is 12.1. The van der Waals surface area contributed by atoms with Gasteiger partial charge in [-0.15, -0.1) is 22.0 Å². The molecular weight excluding hydrogens is 290 g/mol. The van der Waals surface area contributed by atoms with Crippen molar-refractivity contribution in [2.75, 3.05) is 5.32 Å². The third-order valence-electron chi connectivity index (χ3n) is 2.59. The van der Waals surface area contributed by atoms with Crippen molar-refractivity contribution in [3.05, 3.63) is 35.3 Å². The molecule has 0 saturated heterocycles. The Labute approximate surface area is 127 Å². The highest BCUT2D eigenvalue weighted by Gasteiger charge is 2.17. The molecule has 4 nitrogen and oxygen atoms in total. The Balaban J connectivity index is 1.93. The summed E-state index contributed by atoms with van der Waals surface area (Å²) in [5.41, 5.74) is 0. The van der Waals surface area contributed by atoms with Crippen LogP contribution in [-0.2, 0) is 4.79 Å². The van der Waals surface area contributed by atoms with Crippen LogP contribution in [0.15, 0.2) is 35.2 Å². The number of carbonyl (C=O) groups excluding carboxylic acids is 1. The van der Waals surface area contributed by atoms with Crippen molar-refractivity contribution in [1.29, 1.82) is 0 Å². The molecular formula is C14H17N3OS2. The molecule has 20 heavy (non-hydrogen) atoms. The summed E-state index contributed by atoms with van der Waals surface area (Å²) in [6, 6.07) is 9.88. The minimum atomic E-state index is -0.177. The predicted octanol–water partition coefficient (Wildman–Crippen LogP) is 3.78. The molecule has 0 fully saturated rings. The number of nitrogens with zero attached hydrogens (tertiary/aromatic N) is 2. The zero-order valence-corrected chi connectivity index (χ0v) is 13.3. The number of benzene rings is 1. The molecule has 0 spiro atoms. The lowest BCUT2D eigenvalue weighted by atomic mass is 10.2. The molecule has 0 aliphatic heterocycles. The summed E-state index contributed by atoms with van der Waals surface area (Å²) < 4.78 is 0. The number of carbonyl (C=O) groups is 1. The standard InChI is InChI=1S/C14H17N3OS2/c1-9(2)13-16-17-14(20-13)15-12(18)10(3)19-11-7-5-4-6-8-11/h4-10H,1-3H3,(H,15,17,18). The van der Waals surface area contributed by atoms with E-state index in [-0.39, 0.29) is 11.2 Å². The lowest BCUT2D eigenvalue weighted by Gasteiger charge is -2.09. The van der Waals surface area contributed by atoms with Crippen LogP contribution in [0.2, 0.25) is 0 Å². The van der Waals surface area contributed by atoms with E-state index in [1.54, 1.807) is 0 Å². The van der Waals surface area contributed by atoms with Gasteiger partial charge >= 0.3 is 0 Å². The molecule has 0 radical (unpaired) electrons. The van der Waals surface area contributed by atoms with Gasteiger partial charge in [0.15, 0.2) is 0 Å². The molecule has 6 heteroatoms. The highest BCUT2D eigenvalue weighted by molar-refractivity contribution is 8.00. The van der Waals surface area contributed by atoms with Gasteiger partial charge in [0.05, 0.1) is 5.25 Å². The van der Waals surface area contributed by atoms with Crippen LogP contribution in [0.4, 0.5) is 5.13 Å². The van der Waals surface area contributed by atoms with Gasteiger partial charge in [-0.25, -0.2) is 0 Å². The van der Waals surface area contributed by atoms with Gasteiger partial charge in [0.25, 0.3) is 0 Å². The number of aromatic nitrogens is 2. The number of nitrogens with one attached hydrogen (secondary N) is 1. The molecule has 0 saturated carbocycles. The topological polar surface area (TPSA) is 54.9 Å². The molecule has 1 aromatic heterocycles. The van der Waals surface area contributed by atoms with E-state index in [2.05, 4.69) is 29.4 Å². The van der Waals surface area contributed by atoms with Crippen LogP contribution < -0.4 is 5.32 Å².